The number of fused-ring (bicyclic) bond motifs is 1. The summed E-state index contributed by atoms with van der Waals surface area (Å²) in [6, 6.07) is 4.92. The smallest absolute Gasteiger partial charge is 0.414 e. The highest BCUT2D eigenvalue weighted by molar-refractivity contribution is 6.08. The minimum atomic E-state index is -1.92. The lowest BCUT2D eigenvalue weighted by atomic mass is 9.82. The van der Waals surface area contributed by atoms with Crippen molar-refractivity contribution in [2.45, 2.75) is 57.1 Å². The van der Waals surface area contributed by atoms with Crippen molar-refractivity contribution in [1.29, 1.82) is 0 Å². The van der Waals surface area contributed by atoms with Gasteiger partial charge in [0, 0.05) is 43.1 Å². The number of rotatable bonds is 11. The number of likely N-dealkylation sites (tertiary alicyclic amines) is 1. The highest BCUT2D eigenvalue weighted by Gasteiger charge is 2.52. The number of methoxy groups -OCH3 is 1. The van der Waals surface area contributed by atoms with Crippen LogP contribution in [0.1, 0.15) is 51.0 Å². The van der Waals surface area contributed by atoms with Crippen molar-refractivity contribution in [3.05, 3.63) is 35.9 Å². The molecule has 2 N–H and O–H groups in total. The largest absolute Gasteiger partial charge is 0.469 e. The van der Waals surface area contributed by atoms with Crippen molar-refractivity contribution in [1.82, 2.24) is 4.90 Å². The van der Waals surface area contributed by atoms with Crippen LogP contribution in [-0.2, 0) is 29.5 Å². The van der Waals surface area contributed by atoms with E-state index >= 15 is 0 Å². The second-order valence-electron chi connectivity index (χ2n) is 10.2. The third-order valence-corrected chi connectivity index (χ3v) is 7.85. The molecule has 0 unspecified atom stereocenters. The number of aliphatic hydroxyl groups excluding tert-OH is 1. The number of cyclic esters (lactones) is 1. The number of amides is 3. The second kappa shape index (κ2) is 12.2. The fourth-order valence-electron chi connectivity index (χ4n) is 5.58. The van der Waals surface area contributed by atoms with E-state index in [4.69, 9.17) is 4.74 Å². The molecule has 1 aromatic rings. The summed E-state index contributed by atoms with van der Waals surface area (Å²) >= 11 is 0. The van der Waals surface area contributed by atoms with E-state index in [1.807, 2.05) is 0 Å². The van der Waals surface area contributed by atoms with Crippen LogP contribution < -0.4 is 9.80 Å². The number of ether oxygens (including phenoxy) is 2. The van der Waals surface area contributed by atoms with E-state index in [0.29, 0.717) is 49.4 Å². The molecule has 0 bridgehead atoms. The zero-order valence-electron chi connectivity index (χ0n) is 22.5. The molecule has 3 amide bonds. The lowest BCUT2D eigenvalue weighted by Crippen LogP contribution is -2.44. The first-order valence-electron chi connectivity index (χ1n) is 13.5. The monoisotopic (exact) mass is 543 g/mol. The molecular formula is C28H37N3O8. The maximum absolute atomic E-state index is 13.7. The van der Waals surface area contributed by atoms with Crippen molar-refractivity contribution in [3.63, 3.8) is 0 Å². The Morgan fingerprint density at radius 3 is 2.74 bits per heavy atom. The Morgan fingerprint density at radius 1 is 1.26 bits per heavy atom. The van der Waals surface area contributed by atoms with Gasteiger partial charge >= 0.3 is 12.1 Å². The average Bonchev–Trinajstić information content (AvgIpc) is 3.64. The second-order valence-corrected chi connectivity index (χ2v) is 10.2. The maximum atomic E-state index is 13.7. The predicted molar refractivity (Wildman–Crippen MR) is 142 cm³/mol. The number of benzene rings is 1. The van der Waals surface area contributed by atoms with Crippen LogP contribution in [0.2, 0.25) is 0 Å². The zero-order valence-corrected chi connectivity index (χ0v) is 22.5. The van der Waals surface area contributed by atoms with E-state index in [1.165, 1.54) is 16.9 Å². The number of carbonyl (C=O) groups excluding carboxylic acids is 4. The summed E-state index contributed by atoms with van der Waals surface area (Å²) in [7, 11) is 1.33. The molecule has 11 nitrogen and oxygen atoms in total. The molecule has 11 heteroatoms. The number of nitrogens with zero attached hydrogens (tertiary/aromatic N) is 3. The van der Waals surface area contributed by atoms with Gasteiger partial charge in [-0.05, 0) is 43.9 Å². The molecule has 3 aliphatic heterocycles. The van der Waals surface area contributed by atoms with E-state index in [2.05, 4.69) is 4.74 Å². The summed E-state index contributed by atoms with van der Waals surface area (Å²) in [6.45, 7) is 3.17. The molecule has 0 aromatic heterocycles. The van der Waals surface area contributed by atoms with Gasteiger partial charge in [0.2, 0.25) is 5.91 Å². The molecule has 3 heterocycles. The van der Waals surface area contributed by atoms with Crippen molar-refractivity contribution >= 4 is 35.3 Å². The van der Waals surface area contributed by atoms with Gasteiger partial charge in [0.1, 0.15) is 6.61 Å². The van der Waals surface area contributed by atoms with E-state index < -0.39 is 23.5 Å². The first-order chi connectivity index (χ1) is 18.7. The molecule has 0 spiro atoms. The van der Waals surface area contributed by atoms with Gasteiger partial charge in [-0.15, -0.1) is 0 Å². The minimum absolute atomic E-state index is 0.0702. The molecule has 2 fully saturated rings. The van der Waals surface area contributed by atoms with Crippen molar-refractivity contribution in [3.8, 4) is 0 Å². The number of carbonyl (C=O) groups is 4. The summed E-state index contributed by atoms with van der Waals surface area (Å²) in [5.74, 6) is -1.62. The molecule has 1 aromatic carbocycles. The molecule has 39 heavy (non-hydrogen) atoms. The van der Waals surface area contributed by atoms with Crippen LogP contribution in [-0.4, -0.2) is 85.0 Å². The van der Waals surface area contributed by atoms with E-state index in [1.54, 1.807) is 42.2 Å². The molecule has 2 saturated heterocycles. The van der Waals surface area contributed by atoms with Crippen molar-refractivity contribution in [2.75, 3.05) is 49.8 Å². The van der Waals surface area contributed by atoms with E-state index in [-0.39, 0.29) is 44.0 Å². The summed E-state index contributed by atoms with van der Waals surface area (Å²) < 4.78 is 9.74. The van der Waals surface area contributed by atoms with Crippen LogP contribution >= 0.6 is 0 Å². The number of anilines is 2. The Labute approximate surface area is 227 Å². The SMILES string of the molecule is COC(=O)CCCCN1C(=O)[C@@](O)([C@@H](C)/C=C/CC(=O)N2CCC[C@H]2CO)c2cc(N3CCOC3=O)ccc21. The van der Waals surface area contributed by atoms with Crippen LogP contribution in [0.15, 0.2) is 30.4 Å². The van der Waals surface area contributed by atoms with Gasteiger partial charge in [-0.25, -0.2) is 4.79 Å². The molecule has 212 valence electrons. The predicted octanol–water partition coefficient (Wildman–Crippen LogP) is 2.09. The number of esters is 1. The van der Waals surface area contributed by atoms with Crippen LogP contribution in [0.25, 0.3) is 0 Å². The number of unbranched alkanes of at least 4 members (excludes halogenated alkanes) is 1. The maximum Gasteiger partial charge on any atom is 0.414 e. The first-order valence-corrected chi connectivity index (χ1v) is 13.5. The lowest BCUT2D eigenvalue weighted by molar-refractivity contribution is -0.140. The summed E-state index contributed by atoms with van der Waals surface area (Å²) in [5.41, 5.74) is -0.486. The molecular weight excluding hydrogens is 506 g/mol. The molecule has 0 radical (unpaired) electrons. The van der Waals surface area contributed by atoms with E-state index in [0.717, 1.165) is 12.8 Å². The fraction of sp³-hybridized carbons (Fsp3) is 0.571. The third-order valence-electron chi connectivity index (χ3n) is 7.85. The highest BCUT2D eigenvalue weighted by Crippen LogP contribution is 2.47. The van der Waals surface area contributed by atoms with Gasteiger partial charge in [0.15, 0.2) is 5.60 Å². The van der Waals surface area contributed by atoms with Crippen molar-refractivity contribution in [2.24, 2.45) is 5.92 Å². The molecule has 0 aliphatic carbocycles. The van der Waals surface area contributed by atoms with Gasteiger partial charge in [0.05, 0.1) is 32.0 Å². The standard InChI is InChI=1S/C28H37N3O8/c1-19(7-5-9-24(33)29-14-6-8-21(29)18-32)28(37)22-17-20(30-15-16-39-27(30)36)11-12-23(22)31(26(28)35)13-4-3-10-25(34)38-2/h5,7,11-12,17,19,21,32,37H,3-4,6,8-10,13-16,18H2,1-2H3/b7-5+/t19-,21-,28+/m0/s1. The van der Waals surface area contributed by atoms with Gasteiger partial charge in [-0.1, -0.05) is 19.1 Å². The number of aliphatic hydroxyl groups is 2. The normalized spacial score (nSPS) is 23.5. The number of hydrogen-bond donors (Lipinski definition) is 2. The van der Waals surface area contributed by atoms with E-state index in [9.17, 15) is 29.4 Å². The topological polar surface area (TPSA) is 137 Å². The molecule has 0 saturated carbocycles. The van der Waals surface area contributed by atoms with Gasteiger partial charge in [-0.2, -0.15) is 0 Å². The Hall–Kier alpha value is -3.44. The van der Waals surface area contributed by atoms with Crippen LogP contribution in [0.4, 0.5) is 16.2 Å². The zero-order chi connectivity index (χ0) is 28.2. The fourth-order valence-corrected chi connectivity index (χ4v) is 5.58. The van der Waals surface area contributed by atoms with Crippen molar-refractivity contribution < 1.29 is 38.9 Å². The minimum Gasteiger partial charge on any atom is -0.469 e. The van der Waals surface area contributed by atoms with Gasteiger partial charge in [-0.3, -0.25) is 19.3 Å². The molecule has 3 aliphatic rings. The average molecular weight is 544 g/mol. The van der Waals surface area contributed by atoms with Crippen LogP contribution in [0.3, 0.4) is 0 Å². The Balaban J connectivity index is 1.56. The lowest BCUT2D eigenvalue weighted by Gasteiger charge is -2.28. The molecule has 4 rings (SSSR count). The van der Waals surface area contributed by atoms with Gasteiger partial charge in [0.25, 0.3) is 5.91 Å². The number of hydrogen-bond acceptors (Lipinski definition) is 8. The Morgan fingerprint density at radius 2 is 2.05 bits per heavy atom. The summed E-state index contributed by atoms with van der Waals surface area (Å²) in [4.78, 5) is 54.7. The third kappa shape index (κ3) is 5.65. The van der Waals surface area contributed by atoms with Crippen LogP contribution in [0.5, 0.6) is 0 Å². The summed E-state index contributed by atoms with van der Waals surface area (Å²) in [5, 5.41) is 21.5. The first kappa shape index (κ1) is 28.6. The highest BCUT2D eigenvalue weighted by atomic mass is 16.6. The Bertz CT molecular complexity index is 1140. The molecule has 3 atom stereocenters. The quantitative estimate of drug-likeness (QED) is 0.246. The van der Waals surface area contributed by atoms with Crippen LogP contribution in [0, 0.1) is 5.92 Å². The van der Waals surface area contributed by atoms with Gasteiger partial charge < -0.3 is 29.5 Å². The summed E-state index contributed by atoms with van der Waals surface area (Å²) in [6.07, 6.45) is 5.83. The Kier molecular flexibility index (Phi) is 8.91.